The highest BCUT2D eigenvalue weighted by atomic mass is 19.2. The average molecular weight is 266 g/mol. The van der Waals surface area contributed by atoms with Crippen molar-refractivity contribution in [3.63, 3.8) is 0 Å². The summed E-state index contributed by atoms with van der Waals surface area (Å²) in [5, 5.41) is 0. The Morgan fingerprint density at radius 1 is 1.11 bits per heavy atom. The Hall–Kier alpha value is -1.79. The van der Waals surface area contributed by atoms with Crippen LogP contribution < -0.4 is 0 Å². The van der Waals surface area contributed by atoms with E-state index in [2.05, 4.69) is 0 Å². The molecule has 0 spiro atoms. The molecule has 0 amide bonds. The van der Waals surface area contributed by atoms with E-state index >= 15 is 0 Å². The lowest BCUT2D eigenvalue weighted by Crippen LogP contribution is -2.26. The fourth-order valence-corrected chi connectivity index (χ4v) is 1.21. The first-order chi connectivity index (χ1) is 8.31. The van der Waals surface area contributed by atoms with Crippen molar-refractivity contribution in [2.75, 3.05) is 0 Å². The van der Waals surface area contributed by atoms with Gasteiger partial charge in [-0.05, 0) is 6.07 Å². The van der Waals surface area contributed by atoms with E-state index in [0.29, 0.717) is 0 Å². The van der Waals surface area contributed by atoms with Crippen LogP contribution in [0.1, 0.15) is 23.7 Å². The average Bonchev–Trinajstić information content (AvgIpc) is 2.37. The number of rotatable bonds is 4. The molecular weight excluding hydrogens is 259 g/mol. The van der Waals surface area contributed by atoms with Gasteiger partial charge >= 0.3 is 0 Å². The first kappa shape index (κ1) is 14.3. The Morgan fingerprint density at radius 3 is 2.17 bits per heavy atom. The molecule has 1 aromatic carbocycles. The third kappa shape index (κ3) is 2.39. The third-order valence-electron chi connectivity index (χ3n) is 2.23. The summed E-state index contributed by atoms with van der Waals surface area (Å²) in [6, 6.07) is 0.0194. The standard InChI is InChI=1S/C11H7F5O2/c1-2-6(17)9(15)11(18)4-3-5(12)8(14)10(16)7(4)13/h3,9H,2H2,1H3. The molecule has 0 aromatic heterocycles. The minimum Gasteiger partial charge on any atom is -0.296 e. The maximum atomic E-state index is 13.2. The number of alkyl halides is 1. The molecule has 98 valence electrons. The molecule has 18 heavy (non-hydrogen) atoms. The lowest BCUT2D eigenvalue weighted by molar-refractivity contribution is -0.121. The van der Waals surface area contributed by atoms with Gasteiger partial charge in [0.25, 0.3) is 0 Å². The number of carbonyl (C=O) groups excluding carboxylic acids is 2. The van der Waals surface area contributed by atoms with Crippen molar-refractivity contribution in [2.24, 2.45) is 0 Å². The zero-order valence-corrected chi connectivity index (χ0v) is 9.07. The van der Waals surface area contributed by atoms with Crippen LogP contribution in [0.4, 0.5) is 22.0 Å². The molecular formula is C11H7F5O2. The predicted octanol–water partition coefficient (Wildman–Crippen LogP) is 2.74. The van der Waals surface area contributed by atoms with Gasteiger partial charge in [0.1, 0.15) is 0 Å². The van der Waals surface area contributed by atoms with Gasteiger partial charge in [-0.25, -0.2) is 22.0 Å². The van der Waals surface area contributed by atoms with Crippen LogP contribution in [0.5, 0.6) is 0 Å². The third-order valence-corrected chi connectivity index (χ3v) is 2.23. The molecule has 0 saturated heterocycles. The van der Waals surface area contributed by atoms with Gasteiger partial charge in [0.15, 0.2) is 29.1 Å². The van der Waals surface area contributed by atoms with Crippen LogP contribution in [0.25, 0.3) is 0 Å². The van der Waals surface area contributed by atoms with Gasteiger partial charge in [0.2, 0.25) is 12.0 Å². The van der Waals surface area contributed by atoms with Crippen molar-refractivity contribution in [2.45, 2.75) is 19.5 Å². The molecule has 1 aromatic rings. The molecule has 0 fully saturated rings. The summed E-state index contributed by atoms with van der Waals surface area (Å²) < 4.78 is 64.5. The normalized spacial score (nSPS) is 12.3. The highest BCUT2D eigenvalue weighted by molar-refractivity contribution is 6.13. The number of halogens is 5. The molecule has 0 N–H and O–H groups in total. The van der Waals surface area contributed by atoms with Crippen molar-refractivity contribution in [1.29, 1.82) is 0 Å². The number of hydrogen-bond acceptors (Lipinski definition) is 2. The molecule has 2 nitrogen and oxygen atoms in total. The van der Waals surface area contributed by atoms with Crippen molar-refractivity contribution < 1.29 is 31.5 Å². The molecule has 0 heterocycles. The quantitative estimate of drug-likeness (QED) is 0.276. The number of ketones is 2. The Balaban J connectivity index is 3.27. The van der Waals surface area contributed by atoms with Gasteiger partial charge in [-0.3, -0.25) is 9.59 Å². The Morgan fingerprint density at radius 2 is 1.67 bits per heavy atom. The van der Waals surface area contributed by atoms with Crippen LogP contribution in [-0.4, -0.2) is 17.7 Å². The minimum atomic E-state index is -2.73. The number of hydrogen-bond donors (Lipinski definition) is 0. The van der Waals surface area contributed by atoms with E-state index in [1.54, 1.807) is 0 Å². The largest absolute Gasteiger partial charge is 0.296 e. The Bertz CT molecular complexity index is 513. The fourth-order valence-electron chi connectivity index (χ4n) is 1.21. The zero-order chi connectivity index (χ0) is 14.0. The predicted molar refractivity (Wildman–Crippen MR) is 50.8 cm³/mol. The first-order valence-corrected chi connectivity index (χ1v) is 4.85. The minimum absolute atomic E-state index is 0.0194. The second-order valence-corrected chi connectivity index (χ2v) is 3.39. The number of benzene rings is 1. The molecule has 1 rings (SSSR count). The van der Waals surface area contributed by atoms with Gasteiger partial charge < -0.3 is 0 Å². The maximum Gasteiger partial charge on any atom is 0.220 e. The molecule has 0 aliphatic heterocycles. The van der Waals surface area contributed by atoms with E-state index in [4.69, 9.17) is 0 Å². The van der Waals surface area contributed by atoms with Gasteiger partial charge in [0, 0.05) is 6.42 Å². The van der Waals surface area contributed by atoms with E-state index in [1.165, 1.54) is 6.92 Å². The highest BCUT2D eigenvalue weighted by Gasteiger charge is 2.31. The fraction of sp³-hybridized carbons (Fsp3) is 0.273. The van der Waals surface area contributed by atoms with Gasteiger partial charge in [-0.1, -0.05) is 6.92 Å². The lowest BCUT2D eigenvalue weighted by Gasteiger charge is -2.07. The van der Waals surface area contributed by atoms with Gasteiger partial charge in [-0.15, -0.1) is 0 Å². The van der Waals surface area contributed by atoms with E-state index in [-0.39, 0.29) is 12.5 Å². The van der Waals surface area contributed by atoms with Gasteiger partial charge in [0.05, 0.1) is 5.56 Å². The monoisotopic (exact) mass is 266 g/mol. The summed E-state index contributed by atoms with van der Waals surface area (Å²) >= 11 is 0. The van der Waals surface area contributed by atoms with E-state index in [9.17, 15) is 31.5 Å². The summed E-state index contributed by atoms with van der Waals surface area (Å²) in [6.07, 6.45) is -3.07. The summed E-state index contributed by atoms with van der Waals surface area (Å²) in [5.74, 6) is -11.1. The molecule has 0 aliphatic carbocycles. The Labute approximate surface area is 98.4 Å². The molecule has 0 saturated carbocycles. The maximum absolute atomic E-state index is 13.2. The second kappa shape index (κ2) is 5.24. The molecule has 0 bridgehead atoms. The van der Waals surface area contributed by atoms with Crippen LogP contribution in [0, 0.1) is 23.3 Å². The second-order valence-electron chi connectivity index (χ2n) is 3.39. The van der Waals surface area contributed by atoms with Crippen molar-refractivity contribution in [3.05, 3.63) is 34.9 Å². The topological polar surface area (TPSA) is 34.1 Å². The van der Waals surface area contributed by atoms with E-state index in [0.717, 1.165) is 0 Å². The zero-order valence-electron chi connectivity index (χ0n) is 9.07. The van der Waals surface area contributed by atoms with Crippen LogP contribution in [0.3, 0.4) is 0 Å². The molecule has 1 atom stereocenters. The summed E-state index contributed by atoms with van der Waals surface area (Å²) in [5.41, 5.74) is -1.33. The van der Waals surface area contributed by atoms with E-state index < -0.39 is 46.6 Å². The molecule has 0 aliphatic rings. The molecule has 7 heteroatoms. The smallest absolute Gasteiger partial charge is 0.220 e. The van der Waals surface area contributed by atoms with Crippen LogP contribution >= 0.6 is 0 Å². The Kier molecular flexibility index (Phi) is 4.15. The SMILES string of the molecule is CCC(=O)C(F)C(=O)c1cc(F)c(F)c(F)c1F. The number of carbonyl (C=O) groups is 2. The van der Waals surface area contributed by atoms with Crippen LogP contribution in [0.15, 0.2) is 6.07 Å². The van der Waals surface area contributed by atoms with Crippen molar-refractivity contribution >= 4 is 11.6 Å². The number of Topliss-reactive ketones (excluding diaryl/α,β-unsaturated/α-hetero) is 2. The van der Waals surface area contributed by atoms with Gasteiger partial charge in [-0.2, -0.15) is 0 Å². The first-order valence-electron chi connectivity index (χ1n) is 4.85. The van der Waals surface area contributed by atoms with Crippen molar-refractivity contribution in [1.82, 2.24) is 0 Å². The summed E-state index contributed by atoms with van der Waals surface area (Å²) in [4.78, 5) is 22.2. The van der Waals surface area contributed by atoms with Crippen molar-refractivity contribution in [3.8, 4) is 0 Å². The summed E-state index contributed by atoms with van der Waals surface area (Å²) in [7, 11) is 0. The van der Waals surface area contributed by atoms with Crippen LogP contribution in [-0.2, 0) is 4.79 Å². The van der Waals surface area contributed by atoms with E-state index in [1.807, 2.05) is 0 Å². The van der Waals surface area contributed by atoms with Crippen LogP contribution in [0.2, 0.25) is 0 Å². The lowest BCUT2D eigenvalue weighted by atomic mass is 10.0. The summed E-state index contributed by atoms with van der Waals surface area (Å²) in [6.45, 7) is 1.25. The molecule has 0 radical (unpaired) electrons. The molecule has 1 unspecified atom stereocenters. The highest BCUT2D eigenvalue weighted by Crippen LogP contribution is 2.21.